The fourth-order valence-corrected chi connectivity index (χ4v) is 3.31. The summed E-state index contributed by atoms with van der Waals surface area (Å²) in [6, 6.07) is 5.06. The van der Waals surface area contributed by atoms with Crippen LogP contribution in [0.2, 0.25) is 0 Å². The highest BCUT2D eigenvalue weighted by molar-refractivity contribution is 7.99. The average Bonchev–Trinajstić information content (AvgIpc) is 2.88. The number of carboxylic acid groups (broad SMARTS) is 1. The first-order valence-electron chi connectivity index (χ1n) is 5.30. The molecule has 5 nitrogen and oxygen atoms in total. The molecule has 1 N–H and O–H groups in total. The minimum Gasteiger partial charge on any atom is -0.478 e. The number of thiophene rings is 1. The first-order chi connectivity index (χ1) is 9.25. The standard InChI is InChI=1S/C12H7N3O2S2/c16-12(17)8-2-1-4-13-11(8)19-10-7-3-5-18-9(7)14-6-15-10/h1-6H,(H,16,17). The Morgan fingerprint density at radius 1 is 1.21 bits per heavy atom. The van der Waals surface area contributed by atoms with Gasteiger partial charge in [-0.3, -0.25) is 0 Å². The molecule has 0 amide bonds. The number of pyridine rings is 1. The van der Waals surface area contributed by atoms with Crippen molar-refractivity contribution in [3.05, 3.63) is 41.7 Å². The van der Waals surface area contributed by atoms with Crippen molar-refractivity contribution in [1.29, 1.82) is 0 Å². The van der Waals surface area contributed by atoms with Crippen LogP contribution in [0.15, 0.2) is 46.2 Å². The van der Waals surface area contributed by atoms with Crippen LogP contribution >= 0.6 is 23.1 Å². The summed E-state index contributed by atoms with van der Waals surface area (Å²) in [5, 5.41) is 13.1. The molecule has 0 aliphatic heterocycles. The van der Waals surface area contributed by atoms with Crippen molar-refractivity contribution in [1.82, 2.24) is 15.0 Å². The van der Waals surface area contributed by atoms with Gasteiger partial charge >= 0.3 is 5.97 Å². The molecule has 0 aromatic carbocycles. The molecule has 0 atom stereocenters. The summed E-state index contributed by atoms with van der Waals surface area (Å²) in [6.45, 7) is 0. The van der Waals surface area contributed by atoms with Gasteiger partial charge in [-0.2, -0.15) is 0 Å². The van der Waals surface area contributed by atoms with Crippen LogP contribution in [0.25, 0.3) is 10.2 Å². The van der Waals surface area contributed by atoms with Crippen LogP contribution < -0.4 is 0 Å². The molecule has 0 saturated heterocycles. The van der Waals surface area contributed by atoms with E-state index in [1.807, 2.05) is 11.4 Å². The summed E-state index contributed by atoms with van der Waals surface area (Å²) in [4.78, 5) is 24.5. The van der Waals surface area contributed by atoms with E-state index in [2.05, 4.69) is 15.0 Å². The monoisotopic (exact) mass is 289 g/mol. The van der Waals surface area contributed by atoms with E-state index < -0.39 is 5.97 Å². The molecule has 3 aromatic rings. The van der Waals surface area contributed by atoms with E-state index in [0.717, 1.165) is 10.2 Å². The van der Waals surface area contributed by atoms with E-state index in [4.69, 9.17) is 5.11 Å². The Morgan fingerprint density at radius 3 is 2.95 bits per heavy atom. The number of rotatable bonds is 3. The van der Waals surface area contributed by atoms with Crippen molar-refractivity contribution in [3.8, 4) is 0 Å². The molecule has 3 aromatic heterocycles. The van der Waals surface area contributed by atoms with Crippen molar-refractivity contribution in [2.45, 2.75) is 10.1 Å². The van der Waals surface area contributed by atoms with Crippen LogP contribution in [-0.2, 0) is 0 Å². The molecule has 0 radical (unpaired) electrons. The smallest absolute Gasteiger partial charge is 0.338 e. The number of carboxylic acids is 1. The van der Waals surface area contributed by atoms with Crippen LogP contribution in [0.4, 0.5) is 0 Å². The van der Waals surface area contributed by atoms with Gasteiger partial charge in [-0.15, -0.1) is 11.3 Å². The topological polar surface area (TPSA) is 76.0 Å². The van der Waals surface area contributed by atoms with Crippen molar-refractivity contribution in [2.24, 2.45) is 0 Å². The highest BCUT2D eigenvalue weighted by Gasteiger charge is 2.14. The predicted molar refractivity (Wildman–Crippen MR) is 72.7 cm³/mol. The predicted octanol–water partition coefficient (Wildman–Crippen LogP) is 2.94. The van der Waals surface area contributed by atoms with Crippen molar-refractivity contribution in [2.75, 3.05) is 0 Å². The Balaban J connectivity index is 2.06. The zero-order chi connectivity index (χ0) is 13.2. The first-order valence-corrected chi connectivity index (χ1v) is 6.99. The molecule has 3 rings (SSSR count). The Kier molecular flexibility index (Phi) is 3.14. The normalized spacial score (nSPS) is 10.7. The molecule has 0 bridgehead atoms. The Bertz CT molecular complexity index is 757. The lowest BCUT2D eigenvalue weighted by Gasteiger charge is -2.04. The third-order valence-electron chi connectivity index (χ3n) is 2.42. The average molecular weight is 289 g/mol. The Labute approximate surface area is 116 Å². The Hall–Kier alpha value is -1.99. The van der Waals surface area contributed by atoms with Crippen LogP contribution in [0, 0.1) is 0 Å². The second kappa shape index (κ2) is 4.94. The van der Waals surface area contributed by atoms with Gasteiger partial charge in [0.2, 0.25) is 0 Å². The maximum atomic E-state index is 11.1. The molecule has 7 heteroatoms. The molecular formula is C12H7N3O2S2. The van der Waals surface area contributed by atoms with Gasteiger partial charge in [-0.25, -0.2) is 19.7 Å². The highest BCUT2D eigenvalue weighted by Crippen LogP contribution is 2.33. The molecule has 0 saturated carbocycles. The Morgan fingerprint density at radius 2 is 2.11 bits per heavy atom. The molecule has 0 fully saturated rings. The number of hydrogen-bond acceptors (Lipinski definition) is 6. The molecule has 3 heterocycles. The third-order valence-corrected chi connectivity index (χ3v) is 4.28. The van der Waals surface area contributed by atoms with Crippen LogP contribution in [0.3, 0.4) is 0 Å². The molecular weight excluding hydrogens is 282 g/mol. The van der Waals surface area contributed by atoms with Crippen molar-refractivity contribution >= 4 is 39.3 Å². The third kappa shape index (κ3) is 2.29. The summed E-state index contributed by atoms with van der Waals surface area (Å²) in [5.74, 6) is -0.994. The quantitative estimate of drug-likeness (QED) is 0.747. The van der Waals surface area contributed by atoms with Gasteiger partial charge in [0.05, 0.1) is 5.56 Å². The van der Waals surface area contributed by atoms with E-state index in [1.165, 1.54) is 35.5 Å². The van der Waals surface area contributed by atoms with Crippen molar-refractivity contribution < 1.29 is 9.90 Å². The van der Waals surface area contributed by atoms with E-state index in [-0.39, 0.29) is 5.56 Å². The van der Waals surface area contributed by atoms with E-state index in [9.17, 15) is 4.79 Å². The molecule has 0 spiro atoms. The highest BCUT2D eigenvalue weighted by atomic mass is 32.2. The maximum absolute atomic E-state index is 11.1. The van der Waals surface area contributed by atoms with E-state index >= 15 is 0 Å². The van der Waals surface area contributed by atoms with Crippen LogP contribution in [0.1, 0.15) is 10.4 Å². The lowest BCUT2D eigenvalue weighted by molar-refractivity contribution is 0.0692. The number of hydrogen-bond donors (Lipinski definition) is 1. The largest absolute Gasteiger partial charge is 0.478 e. The summed E-state index contributed by atoms with van der Waals surface area (Å²) < 4.78 is 0. The summed E-state index contributed by atoms with van der Waals surface area (Å²) >= 11 is 2.76. The molecule has 0 aliphatic rings. The number of fused-ring (bicyclic) bond motifs is 1. The van der Waals surface area contributed by atoms with Gasteiger partial charge in [-0.1, -0.05) is 0 Å². The minimum atomic E-state index is -0.994. The van der Waals surface area contributed by atoms with Crippen LogP contribution in [-0.4, -0.2) is 26.0 Å². The number of nitrogens with zero attached hydrogens (tertiary/aromatic N) is 3. The summed E-state index contributed by atoms with van der Waals surface area (Å²) in [6.07, 6.45) is 3.05. The number of aromatic carboxylic acids is 1. The zero-order valence-electron chi connectivity index (χ0n) is 9.48. The van der Waals surface area contributed by atoms with Gasteiger partial charge in [0, 0.05) is 11.6 Å². The molecule has 0 aliphatic carbocycles. The fraction of sp³-hybridized carbons (Fsp3) is 0. The molecule has 0 unspecified atom stereocenters. The maximum Gasteiger partial charge on any atom is 0.338 e. The summed E-state index contributed by atoms with van der Waals surface area (Å²) in [5.41, 5.74) is 0.175. The lowest BCUT2D eigenvalue weighted by Crippen LogP contribution is -2.00. The van der Waals surface area contributed by atoms with Crippen LogP contribution in [0.5, 0.6) is 0 Å². The van der Waals surface area contributed by atoms with Gasteiger partial charge in [0.25, 0.3) is 0 Å². The second-order valence-electron chi connectivity index (χ2n) is 3.58. The first kappa shape index (κ1) is 12.1. The van der Waals surface area contributed by atoms with Gasteiger partial charge in [0.15, 0.2) is 0 Å². The van der Waals surface area contributed by atoms with E-state index in [0.29, 0.717) is 10.1 Å². The number of carbonyl (C=O) groups is 1. The number of aromatic nitrogens is 3. The van der Waals surface area contributed by atoms with Crippen molar-refractivity contribution in [3.63, 3.8) is 0 Å². The SMILES string of the molecule is O=C(O)c1cccnc1Sc1ncnc2sccc12. The summed E-state index contributed by atoms with van der Waals surface area (Å²) in [7, 11) is 0. The molecule has 19 heavy (non-hydrogen) atoms. The minimum absolute atomic E-state index is 0.175. The second-order valence-corrected chi connectivity index (χ2v) is 5.45. The van der Waals surface area contributed by atoms with Gasteiger partial charge in [0.1, 0.15) is 21.2 Å². The fourth-order valence-electron chi connectivity index (χ4n) is 1.58. The van der Waals surface area contributed by atoms with Gasteiger partial charge in [-0.05, 0) is 35.3 Å². The molecule has 94 valence electrons. The van der Waals surface area contributed by atoms with Gasteiger partial charge < -0.3 is 5.11 Å². The van der Waals surface area contributed by atoms with E-state index in [1.54, 1.807) is 12.3 Å². The lowest BCUT2D eigenvalue weighted by atomic mass is 10.3. The zero-order valence-corrected chi connectivity index (χ0v) is 11.1.